The summed E-state index contributed by atoms with van der Waals surface area (Å²) in [6, 6.07) is 0.727. The number of nitrogens with one attached hydrogen (secondary N) is 2. The molecule has 0 radical (unpaired) electrons. The van der Waals surface area contributed by atoms with E-state index in [9.17, 15) is 4.79 Å². The van der Waals surface area contributed by atoms with Crippen LogP contribution in [0.5, 0.6) is 0 Å². The second kappa shape index (κ2) is 4.08. The molecule has 0 saturated heterocycles. The topological polar surface area (TPSA) is 96.4 Å². The Morgan fingerprint density at radius 2 is 2.07 bits per heavy atom. The molecule has 0 unspecified atom stereocenters. The number of hydrazine groups is 2. The molecule has 1 aliphatic carbocycles. The van der Waals surface area contributed by atoms with Crippen molar-refractivity contribution in [3.8, 4) is 0 Å². The lowest BCUT2D eigenvalue weighted by Gasteiger charge is -2.32. The maximum absolute atomic E-state index is 10.9. The highest BCUT2D eigenvalue weighted by molar-refractivity contribution is 5.91. The van der Waals surface area contributed by atoms with Crippen molar-refractivity contribution in [3.05, 3.63) is 11.9 Å². The van der Waals surface area contributed by atoms with Crippen LogP contribution >= 0.6 is 0 Å². The summed E-state index contributed by atoms with van der Waals surface area (Å²) in [4.78, 5) is 10.9. The van der Waals surface area contributed by atoms with Crippen molar-refractivity contribution >= 4 is 5.91 Å². The number of nitrogens with two attached hydrogens (primary N) is 2. The number of amides is 1. The van der Waals surface area contributed by atoms with Crippen molar-refractivity contribution < 1.29 is 4.79 Å². The monoisotopic (exact) mass is 211 g/mol. The molecule has 0 bridgehead atoms. The Labute approximate surface area is 88.6 Å². The smallest absolute Gasteiger partial charge is 0.267 e. The van der Waals surface area contributed by atoms with E-state index in [4.69, 9.17) is 11.5 Å². The van der Waals surface area contributed by atoms with E-state index in [0.29, 0.717) is 17.8 Å². The lowest BCUT2D eigenvalue weighted by atomic mass is 9.91. The first-order valence-electron chi connectivity index (χ1n) is 5.24. The second-order valence-electron chi connectivity index (χ2n) is 4.12. The van der Waals surface area contributed by atoms with E-state index in [-0.39, 0.29) is 0 Å². The first kappa shape index (κ1) is 10.3. The van der Waals surface area contributed by atoms with E-state index in [2.05, 4.69) is 11.0 Å². The van der Waals surface area contributed by atoms with E-state index >= 15 is 0 Å². The Morgan fingerprint density at radius 1 is 1.40 bits per heavy atom. The molecule has 15 heavy (non-hydrogen) atoms. The summed E-state index contributed by atoms with van der Waals surface area (Å²) < 4.78 is 0. The van der Waals surface area contributed by atoms with Gasteiger partial charge in [0.2, 0.25) is 0 Å². The Bertz CT molecular complexity index is 282. The number of primary amides is 1. The normalized spacial score (nSPS) is 31.0. The third-order valence-electron chi connectivity index (χ3n) is 2.99. The molecule has 84 valence electrons. The summed E-state index contributed by atoms with van der Waals surface area (Å²) in [6.07, 6.45) is 5.87. The Morgan fingerprint density at radius 3 is 2.60 bits per heavy atom. The van der Waals surface area contributed by atoms with Crippen molar-refractivity contribution in [1.29, 1.82) is 0 Å². The highest BCUT2D eigenvalue weighted by atomic mass is 16.1. The Kier molecular flexibility index (Phi) is 2.79. The van der Waals surface area contributed by atoms with Crippen LogP contribution in [0.3, 0.4) is 0 Å². The van der Waals surface area contributed by atoms with Gasteiger partial charge in [0.1, 0.15) is 5.70 Å². The van der Waals surface area contributed by atoms with Crippen molar-refractivity contribution in [2.75, 3.05) is 0 Å². The largest absolute Gasteiger partial charge is 0.364 e. The van der Waals surface area contributed by atoms with Gasteiger partial charge in [-0.25, -0.2) is 0 Å². The van der Waals surface area contributed by atoms with Crippen molar-refractivity contribution in [3.63, 3.8) is 0 Å². The van der Waals surface area contributed by atoms with Crippen LogP contribution in [0.25, 0.3) is 0 Å². The predicted octanol–water partition coefficient (Wildman–Crippen LogP) is -1.09. The summed E-state index contributed by atoms with van der Waals surface area (Å²) >= 11 is 0. The van der Waals surface area contributed by atoms with E-state index in [0.717, 1.165) is 25.7 Å². The summed E-state index contributed by atoms with van der Waals surface area (Å²) in [7, 11) is 0. The van der Waals surface area contributed by atoms with Gasteiger partial charge >= 0.3 is 0 Å². The lowest BCUT2D eigenvalue weighted by Crippen LogP contribution is -2.46. The maximum atomic E-state index is 10.9. The summed E-state index contributed by atoms with van der Waals surface area (Å²) in [5.74, 6) is -0.447. The van der Waals surface area contributed by atoms with Gasteiger partial charge in [-0.05, 0) is 25.7 Å². The molecule has 6 heteroatoms. The number of hydrogen-bond acceptors (Lipinski definition) is 5. The molecule has 0 aromatic heterocycles. The van der Waals surface area contributed by atoms with Crippen molar-refractivity contribution in [2.24, 2.45) is 11.5 Å². The van der Waals surface area contributed by atoms with Crippen LogP contribution < -0.4 is 22.4 Å². The number of rotatable bonds is 2. The standard InChI is InChI=1S/C9H17N5O/c10-6-1-3-7(4-2-6)14-5-8(9(11)15)12-13-14/h5-7,12-13H,1-4,10H2,(H2,11,15)/t6-,7-. The molecule has 0 aromatic rings. The van der Waals surface area contributed by atoms with Gasteiger partial charge in [-0.2, -0.15) is 0 Å². The van der Waals surface area contributed by atoms with Crippen LogP contribution in [-0.2, 0) is 4.79 Å². The molecule has 1 aliphatic heterocycles. The van der Waals surface area contributed by atoms with Gasteiger partial charge in [0.15, 0.2) is 0 Å². The molecule has 2 rings (SSSR count). The molecule has 1 heterocycles. The van der Waals surface area contributed by atoms with Crippen LogP contribution in [0.4, 0.5) is 0 Å². The van der Waals surface area contributed by atoms with Crippen LogP contribution in [0.15, 0.2) is 11.9 Å². The number of carbonyl (C=O) groups excluding carboxylic acids is 1. The fraction of sp³-hybridized carbons (Fsp3) is 0.667. The van der Waals surface area contributed by atoms with Crippen molar-refractivity contribution in [2.45, 2.75) is 37.8 Å². The van der Waals surface area contributed by atoms with Gasteiger partial charge in [0.05, 0.1) is 0 Å². The fourth-order valence-corrected chi connectivity index (χ4v) is 2.03. The van der Waals surface area contributed by atoms with Crippen LogP contribution in [0.2, 0.25) is 0 Å². The molecule has 0 aromatic carbocycles. The lowest BCUT2D eigenvalue weighted by molar-refractivity contribution is -0.114. The second-order valence-corrected chi connectivity index (χ2v) is 4.12. The third-order valence-corrected chi connectivity index (χ3v) is 2.99. The SMILES string of the molecule is NC(=O)C1=CN([C@H]2CC[C@H](N)CC2)NN1. The minimum atomic E-state index is -0.447. The average Bonchev–Trinajstić information content (AvgIpc) is 2.68. The zero-order valence-corrected chi connectivity index (χ0v) is 8.57. The Balaban J connectivity index is 1.93. The predicted molar refractivity (Wildman–Crippen MR) is 55.6 cm³/mol. The molecule has 1 saturated carbocycles. The van der Waals surface area contributed by atoms with Gasteiger partial charge in [-0.3, -0.25) is 15.2 Å². The van der Waals surface area contributed by atoms with Crippen LogP contribution in [0.1, 0.15) is 25.7 Å². The molecule has 6 N–H and O–H groups in total. The molecule has 6 nitrogen and oxygen atoms in total. The highest BCUT2D eigenvalue weighted by Crippen LogP contribution is 2.22. The highest BCUT2D eigenvalue weighted by Gasteiger charge is 2.26. The van der Waals surface area contributed by atoms with Crippen LogP contribution in [0, 0.1) is 0 Å². The number of hydrogen-bond donors (Lipinski definition) is 4. The Hall–Kier alpha value is -1.27. The summed E-state index contributed by atoms with van der Waals surface area (Å²) in [5, 5.41) is 1.91. The average molecular weight is 211 g/mol. The first-order chi connectivity index (χ1) is 7.16. The van der Waals surface area contributed by atoms with Gasteiger partial charge in [-0.15, -0.1) is 5.53 Å². The zero-order valence-electron chi connectivity index (χ0n) is 8.57. The van der Waals surface area contributed by atoms with E-state index < -0.39 is 5.91 Å². The third kappa shape index (κ3) is 2.21. The molecule has 1 fully saturated rings. The molecular weight excluding hydrogens is 194 g/mol. The molecule has 0 atom stereocenters. The summed E-state index contributed by atoms with van der Waals surface area (Å²) in [5.41, 5.74) is 17.1. The molecule has 2 aliphatic rings. The minimum absolute atomic E-state index is 0.330. The van der Waals surface area contributed by atoms with Crippen LogP contribution in [-0.4, -0.2) is 23.0 Å². The number of nitrogens with zero attached hydrogens (tertiary/aromatic N) is 1. The van der Waals surface area contributed by atoms with E-state index in [1.54, 1.807) is 6.20 Å². The minimum Gasteiger partial charge on any atom is -0.364 e. The summed E-state index contributed by atoms with van der Waals surface area (Å²) in [6.45, 7) is 0. The zero-order chi connectivity index (χ0) is 10.8. The molecular formula is C9H17N5O. The first-order valence-corrected chi connectivity index (χ1v) is 5.24. The quantitative estimate of drug-likeness (QED) is 0.465. The van der Waals surface area contributed by atoms with Gasteiger partial charge in [-0.1, -0.05) is 0 Å². The molecule has 0 spiro atoms. The van der Waals surface area contributed by atoms with Gasteiger partial charge < -0.3 is 11.5 Å². The number of carbonyl (C=O) groups is 1. The fourth-order valence-electron chi connectivity index (χ4n) is 2.03. The van der Waals surface area contributed by atoms with E-state index in [1.807, 2.05) is 5.01 Å². The molecule has 1 amide bonds. The van der Waals surface area contributed by atoms with E-state index in [1.165, 1.54) is 0 Å². The van der Waals surface area contributed by atoms with Crippen molar-refractivity contribution in [1.82, 2.24) is 16.0 Å². The van der Waals surface area contributed by atoms with Gasteiger partial charge in [0, 0.05) is 18.3 Å². The maximum Gasteiger partial charge on any atom is 0.267 e. The van der Waals surface area contributed by atoms with Gasteiger partial charge in [0.25, 0.3) is 5.91 Å².